The van der Waals surface area contributed by atoms with E-state index in [9.17, 15) is 0 Å². The van der Waals surface area contributed by atoms with Crippen molar-refractivity contribution in [3.05, 3.63) is 45.9 Å². The molecular weight excluding hydrogens is 351 g/mol. The number of rotatable bonds is 4. The van der Waals surface area contributed by atoms with E-state index in [1.54, 1.807) is 11.3 Å². The van der Waals surface area contributed by atoms with E-state index in [1.165, 1.54) is 10.4 Å². The molecule has 0 bridgehead atoms. The van der Waals surface area contributed by atoms with Gasteiger partial charge in [-0.25, -0.2) is 4.98 Å². The summed E-state index contributed by atoms with van der Waals surface area (Å²) in [7, 11) is 0. The van der Waals surface area contributed by atoms with Gasteiger partial charge in [-0.05, 0) is 24.6 Å². The number of anilines is 1. The first-order valence-electron chi connectivity index (χ1n) is 7.54. The Morgan fingerprint density at radius 2 is 1.87 bits per heavy atom. The van der Waals surface area contributed by atoms with Crippen LogP contribution in [0.3, 0.4) is 0 Å². The maximum absolute atomic E-state index is 5.97. The lowest BCUT2D eigenvalue weighted by molar-refractivity contribution is 0.0984. The topological polar surface area (TPSA) is 45.4 Å². The van der Waals surface area contributed by atoms with E-state index in [-0.39, 0.29) is 12.4 Å². The molecule has 1 saturated heterocycles. The standard InChI is InChI=1S/C16H21ClN4S.ClH/c1-12(13-2-4-14(17)5-3-13)21-8-6-20(7-9-21)11-15-10-19-16(18)22-15;/h2-5,10,12H,6-9,11H2,1H3,(H2,18,19);1H. The molecule has 23 heavy (non-hydrogen) atoms. The zero-order valence-electron chi connectivity index (χ0n) is 13.1. The van der Waals surface area contributed by atoms with E-state index in [0.717, 1.165) is 37.7 Å². The van der Waals surface area contributed by atoms with Crippen LogP contribution in [-0.2, 0) is 6.54 Å². The molecule has 0 amide bonds. The molecule has 1 aromatic carbocycles. The summed E-state index contributed by atoms with van der Waals surface area (Å²) < 4.78 is 0. The normalized spacial score (nSPS) is 17.7. The summed E-state index contributed by atoms with van der Waals surface area (Å²) in [5, 5.41) is 1.45. The first-order valence-corrected chi connectivity index (χ1v) is 8.73. The Morgan fingerprint density at radius 3 is 2.43 bits per heavy atom. The summed E-state index contributed by atoms with van der Waals surface area (Å²) in [6.45, 7) is 7.54. The fraction of sp³-hybridized carbons (Fsp3) is 0.438. The van der Waals surface area contributed by atoms with Crippen LogP contribution in [0, 0.1) is 0 Å². The molecule has 1 fully saturated rings. The van der Waals surface area contributed by atoms with Gasteiger partial charge in [-0.3, -0.25) is 9.80 Å². The van der Waals surface area contributed by atoms with Gasteiger partial charge in [0.05, 0.1) is 0 Å². The predicted octanol–water partition coefficient (Wildman–Crippen LogP) is 3.68. The Kier molecular flexibility index (Phi) is 6.68. The van der Waals surface area contributed by atoms with Crippen molar-refractivity contribution in [2.24, 2.45) is 0 Å². The van der Waals surface area contributed by atoms with Gasteiger partial charge in [-0.1, -0.05) is 23.7 Å². The third-order valence-electron chi connectivity index (χ3n) is 4.26. The maximum atomic E-state index is 5.97. The summed E-state index contributed by atoms with van der Waals surface area (Å²) in [6.07, 6.45) is 1.89. The Labute approximate surface area is 152 Å². The van der Waals surface area contributed by atoms with Crippen molar-refractivity contribution in [3.8, 4) is 0 Å². The van der Waals surface area contributed by atoms with Gasteiger partial charge in [0.1, 0.15) is 0 Å². The second-order valence-corrected chi connectivity index (χ2v) is 7.29. The number of nitrogen functional groups attached to an aromatic ring is 1. The zero-order chi connectivity index (χ0) is 15.5. The van der Waals surface area contributed by atoms with Gasteiger partial charge in [0.15, 0.2) is 5.13 Å². The summed E-state index contributed by atoms with van der Waals surface area (Å²) in [5.74, 6) is 0. The lowest BCUT2D eigenvalue weighted by Crippen LogP contribution is -2.46. The quantitative estimate of drug-likeness (QED) is 0.888. The van der Waals surface area contributed by atoms with Crippen LogP contribution in [-0.4, -0.2) is 41.0 Å². The highest BCUT2D eigenvalue weighted by Gasteiger charge is 2.22. The fourth-order valence-electron chi connectivity index (χ4n) is 2.88. The number of thiazole rings is 1. The molecule has 0 saturated carbocycles. The van der Waals surface area contributed by atoms with Gasteiger partial charge in [0.2, 0.25) is 0 Å². The number of aromatic nitrogens is 1. The fourth-order valence-corrected chi connectivity index (χ4v) is 3.73. The third kappa shape index (κ3) is 4.81. The van der Waals surface area contributed by atoms with E-state index in [0.29, 0.717) is 11.2 Å². The molecule has 1 unspecified atom stereocenters. The summed E-state index contributed by atoms with van der Waals surface area (Å²) in [5.41, 5.74) is 7.02. The molecule has 0 spiro atoms. The van der Waals surface area contributed by atoms with E-state index in [2.05, 4.69) is 33.8 Å². The largest absolute Gasteiger partial charge is 0.375 e. The van der Waals surface area contributed by atoms with Crippen LogP contribution in [0.5, 0.6) is 0 Å². The first kappa shape index (κ1) is 18.5. The molecule has 1 aliphatic heterocycles. The first-order chi connectivity index (χ1) is 10.6. The number of nitrogens with two attached hydrogens (primary N) is 1. The lowest BCUT2D eigenvalue weighted by atomic mass is 10.1. The smallest absolute Gasteiger partial charge is 0.180 e. The van der Waals surface area contributed by atoms with Crippen molar-refractivity contribution in [1.29, 1.82) is 0 Å². The number of nitrogens with zero attached hydrogens (tertiary/aromatic N) is 3. The molecule has 2 heterocycles. The van der Waals surface area contributed by atoms with Crippen molar-refractivity contribution < 1.29 is 0 Å². The Balaban J connectivity index is 0.00000192. The van der Waals surface area contributed by atoms with Crippen LogP contribution in [0.4, 0.5) is 5.13 Å². The van der Waals surface area contributed by atoms with Crippen molar-refractivity contribution in [2.75, 3.05) is 31.9 Å². The molecule has 3 rings (SSSR count). The monoisotopic (exact) mass is 372 g/mol. The highest BCUT2D eigenvalue weighted by molar-refractivity contribution is 7.15. The summed E-state index contributed by atoms with van der Waals surface area (Å²) >= 11 is 7.55. The van der Waals surface area contributed by atoms with Gasteiger partial charge in [-0.2, -0.15) is 0 Å². The second-order valence-electron chi connectivity index (χ2n) is 5.70. The highest BCUT2D eigenvalue weighted by Crippen LogP contribution is 2.24. The van der Waals surface area contributed by atoms with Gasteiger partial charge >= 0.3 is 0 Å². The molecule has 4 nitrogen and oxygen atoms in total. The third-order valence-corrected chi connectivity index (χ3v) is 5.32. The number of halogens is 2. The molecule has 1 aliphatic rings. The van der Waals surface area contributed by atoms with Crippen molar-refractivity contribution in [2.45, 2.75) is 19.5 Å². The van der Waals surface area contributed by atoms with Gasteiger partial charge in [-0.15, -0.1) is 23.7 Å². The molecule has 2 N–H and O–H groups in total. The predicted molar refractivity (Wildman–Crippen MR) is 100 cm³/mol. The van der Waals surface area contributed by atoms with E-state index < -0.39 is 0 Å². The Morgan fingerprint density at radius 1 is 1.22 bits per heavy atom. The Hall–Kier alpha value is -0.850. The SMILES string of the molecule is CC(c1ccc(Cl)cc1)N1CCN(Cc2cnc(N)s2)CC1.Cl. The molecule has 2 aromatic rings. The molecule has 0 radical (unpaired) electrons. The van der Waals surface area contributed by atoms with Crippen molar-refractivity contribution in [3.63, 3.8) is 0 Å². The molecule has 7 heteroatoms. The zero-order valence-corrected chi connectivity index (χ0v) is 15.5. The number of benzene rings is 1. The number of piperazine rings is 1. The summed E-state index contributed by atoms with van der Waals surface area (Å²) in [4.78, 5) is 10.4. The van der Waals surface area contributed by atoms with E-state index in [1.807, 2.05) is 18.3 Å². The van der Waals surface area contributed by atoms with E-state index >= 15 is 0 Å². The van der Waals surface area contributed by atoms with E-state index in [4.69, 9.17) is 17.3 Å². The van der Waals surface area contributed by atoms with Gasteiger partial charge < -0.3 is 5.73 Å². The van der Waals surface area contributed by atoms with Crippen LogP contribution < -0.4 is 5.73 Å². The van der Waals surface area contributed by atoms with Crippen molar-refractivity contribution >= 4 is 40.5 Å². The maximum Gasteiger partial charge on any atom is 0.180 e. The minimum atomic E-state index is 0. The Bertz CT molecular complexity index is 609. The van der Waals surface area contributed by atoms with Crippen molar-refractivity contribution in [1.82, 2.24) is 14.8 Å². The van der Waals surface area contributed by atoms with Crippen LogP contribution in [0.15, 0.2) is 30.5 Å². The molecule has 126 valence electrons. The molecule has 0 aliphatic carbocycles. The number of hydrogen-bond acceptors (Lipinski definition) is 5. The average Bonchev–Trinajstić information content (AvgIpc) is 2.93. The molecule has 1 aromatic heterocycles. The lowest BCUT2D eigenvalue weighted by Gasteiger charge is -2.38. The van der Waals surface area contributed by atoms with Crippen LogP contribution in [0.2, 0.25) is 5.02 Å². The highest BCUT2D eigenvalue weighted by atomic mass is 35.5. The van der Waals surface area contributed by atoms with Crippen LogP contribution in [0.25, 0.3) is 0 Å². The minimum absolute atomic E-state index is 0. The minimum Gasteiger partial charge on any atom is -0.375 e. The second kappa shape index (κ2) is 8.31. The molecule has 1 atom stereocenters. The average molecular weight is 373 g/mol. The van der Waals surface area contributed by atoms with Gasteiger partial charge in [0, 0.05) is 54.9 Å². The molecular formula is C16H22Cl2N4S. The van der Waals surface area contributed by atoms with Crippen LogP contribution >= 0.6 is 35.3 Å². The summed E-state index contributed by atoms with van der Waals surface area (Å²) in [6, 6.07) is 8.62. The number of hydrogen-bond donors (Lipinski definition) is 1. The van der Waals surface area contributed by atoms with Gasteiger partial charge in [0.25, 0.3) is 0 Å². The van der Waals surface area contributed by atoms with Crippen LogP contribution in [0.1, 0.15) is 23.4 Å².